The van der Waals surface area contributed by atoms with Gasteiger partial charge < -0.3 is 10.1 Å². The van der Waals surface area contributed by atoms with Gasteiger partial charge in [0, 0.05) is 6.04 Å². The maximum atomic E-state index is 12.8. The minimum atomic E-state index is -4.58. The van der Waals surface area contributed by atoms with Crippen molar-refractivity contribution in [3.8, 4) is 5.75 Å². The van der Waals surface area contributed by atoms with Gasteiger partial charge in [0.1, 0.15) is 5.75 Å². The molecule has 0 saturated carbocycles. The van der Waals surface area contributed by atoms with E-state index in [9.17, 15) is 26.4 Å². The zero-order chi connectivity index (χ0) is 21.8. The molecule has 0 spiro atoms. The molecule has 2 aromatic carbocycles. The molecule has 0 fully saturated rings. The Kier molecular flexibility index (Phi) is 7.15. The van der Waals surface area contributed by atoms with Gasteiger partial charge in [-0.05, 0) is 56.3 Å². The van der Waals surface area contributed by atoms with E-state index in [0.29, 0.717) is 0 Å². The Morgan fingerprint density at radius 2 is 1.76 bits per heavy atom. The average molecular weight is 451 g/mol. The van der Waals surface area contributed by atoms with Crippen LogP contribution >= 0.6 is 11.6 Å². The first-order chi connectivity index (χ1) is 13.4. The molecule has 2 N–H and O–H groups in total. The Labute approximate surface area is 171 Å². The van der Waals surface area contributed by atoms with Crippen molar-refractivity contribution >= 4 is 33.2 Å². The van der Waals surface area contributed by atoms with E-state index >= 15 is 0 Å². The molecule has 6 nitrogen and oxygen atoms in total. The zero-order valence-electron chi connectivity index (χ0n) is 15.4. The van der Waals surface area contributed by atoms with Gasteiger partial charge in [0.15, 0.2) is 6.61 Å². The highest BCUT2D eigenvalue weighted by atomic mass is 35.5. The minimum absolute atomic E-state index is 0.0266. The van der Waals surface area contributed by atoms with Crippen molar-refractivity contribution < 1.29 is 31.1 Å². The highest BCUT2D eigenvalue weighted by Crippen LogP contribution is 2.33. The van der Waals surface area contributed by atoms with E-state index in [0.717, 1.165) is 18.2 Å². The number of carbonyl (C=O) groups is 1. The number of nitrogens with one attached hydrogen (secondary N) is 2. The maximum absolute atomic E-state index is 12.8. The fraction of sp³-hybridized carbons (Fsp3) is 0.278. The topological polar surface area (TPSA) is 84.5 Å². The van der Waals surface area contributed by atoms with Gasteiger partial charge in [-0.3, -0.25) is 4.79 Å². The average Bonchev–Trinajstić information content (AvgIpc) is 2.60. The van der Waals surface area contributed by atoms with Crippen LogP contribution in [0.2, 0.25) is 5.02 Å². The van der Waals surface area contributed by atoms with Crippen LogP contribution in [0, 0.1) is 0 Å². The summed E-state index contributed by atoms with van der Waals surface area (Å²) in [5, 5.41) is 2.19. The van der Waals surface area contributed by atoms with Crippen molar-refractivity contribution in [2.45, 2.75) is 31.0 Å². The standard InChI is InChI=1S/C18H18ClF3N2O4S/c1-11(2)24-29(26,27)14-6-4-13(5-7-14)28-10-17(25)23-16-9-12(18(20,21)22)3-8-15(16)19/h3-9,11,24H,10H2,1-2H3,(H,23,25). The predicted octanol–water partition coefficient (Wildman–Crippen LogP) is 4.06. The number of hydrogen-bond acceptors (Lipinski definition) is 4. The van der Waals surface area contributed by atoms with Crippen LogP contribution in [0.5, 0.6) is 5.75 Å². The van der Waals surface area contributed by atoms with Crippen LogP contribution in [0.1, 0.15) is 19.4 Å². The first-order valence-electron chi connectivity index (χ1n) is 8.30. The molecule has 0 aliphatic heterocycles. The Morgan fingerprint density at radius 3 is 2.31 bits per heavy atom. The summed E-state index contributed by atoms with van der Waals surface area (Å²) < 4.78 is 70.0. The molecule has 0 saturated heterocycles. The second-order valence-corrected chi connectivity index (χ2v) is 8.40. The van der Waals surface area contributed by atoms with E-state index < -0.39 is 34.3 Å². The molecule has 0 atom stereocenters. The van der Waals surface area contributed by atoms with Gasteiger partial charge in [0.2, 0.25) is 10.0 Å². The van der Waals surface area contributed by atoms with Crippen LogP contribution in [0.15, 0.2) is 47.4 Å². The predicted molar refractivity (Wildman–Crippen MR) is 102 cm³/mol. The lowest BCUT2D eigenvalue weighted by Gasteiger charge is -2.12. The van der Waals surface area contributed by atoms with Gasteiger partial charge in [-0.1, -0.05) is 11.6 Å². The molecule has 0 radical (unpaired) electrons. The summed E-state index contributed by atoms with van der Waals surface area (Å²) in [7, 11) is -3.66. The molecular weight excluding hydrogens is 433 g/mol. The van der Waals surface area contributed by atoms with E-state index in [1.54, 1.807) is 13.8 Å². The Balaban J connectivity index is 2.00. The first kappa shape index (κ1) is 23.0. The van der Waals surface area contributed by atoms with Crippen molar-refractivity contribution in [1.82, 2.24) is 4.72 Å². The van der Waals surface area contributed by atoms with Gasteiger partial charge in [0.25, 0.3) is 5.91 Å². The number of ether oxygens (including phenoxy) is 1. The lowest BCUT2D eigenvalue weighted by atomic mass is 10.2. The fourth-order valence-electron chi connectivity index (χ4n) is 2.23. The van der Waals surface area contributed by atoms with Crippen LogP contribution in [-0.4, -0.2) is 27.0 Å². The Bertz CT molecular complexity index is 978. The van der Waals surface area contributed by atoms with Crippen LogP contribution in [0.3, 0.4) is 0 Å². The molecule has 0 bridgehead atoms. The lowest BCUT2D eigenvalue weighted by molar-refractivity contribution is -0.137. The molecule has 0 aromatic heterocycles. The molecule has 1 amide bonds. The van der Waals surface area contributed by atoms with E-state index in [1.807, 2.05) is 0 Å². The van der Waals surface area contributed by atoms with E-state index in [-0.39, 0.29) is 27.4 Å². The highest BCUT2D eigenvalue weighted by molar-refractivity contribution is 7.89. The molecule has 2 rings (SSSR count). The van der Waals surface area contributed by atoms with E-state index in [1.165, 1.54) is 24.3 Å². The number of anilines is 1. The van der Waals surface area contributed by atoms with Crippen molar-refractivity contribution in [2.75, 3.05) is 11.9 Å². The van der Waals surface area contributed by atoms with Crippen LogP contribution in [-0.2, 0) is 21.0 Å². The number of benzene rings is 2. The molecule has 29 heavy (non-hydrogen) atoms. The van der Waals surface area contributed by atoms with Crippen molar-refractivity contribution in [1.29, 1.82) is 0 Å². The molecule has 0 aliphatic rings. The number of sulfonamides is 1. The SMILES string of the molecule is CC(C)NS(=O)(=O)c1ccc(OCC(=O)Nc2cc(C(F)(F)F)ccc2Cl)cc1. The second-order valence-electron chi connectivity index (χ2n) is 6.28. The summed E-state index contributed by atoms with van der Waals surface area (Å²) >= 11 is 5.82. The largest absolute Gasteiger partial charge is 0.484 e. The van der Waals surface area contributed by atoms with Gasteiger partial charge in [0.05, 0.1) is 21.2 Å². The third-order valence-electron chi connectivity index (χ3n) is 3.46. The Hall–Kier alpha value is -2.30. The van der Waals surface area contributed by atoms with Gasteiger partial charge in [-0.25, -0.2) is 13.1 Å². The van der Waals surface area contributed by atoms with Crippen LogP contribution in [0.25, 0.3) is 0 Å². The van der Waals surface area contributed by atoms with E-state index in [4.69, 9.17) is 16.3 Å². The van der Waals surface area contributed by atoms with Gasteiger partial charge in [-0.15, -0.1) is 0 Å². The quantitative estimate of drug-likeness (QED) is 0.666. The first-order valence-corrected chi connectivity index (χ1v) is 10.2. The van der Waals surface area contributed by atoms with Crippen molar-refractivity contribution in [3.63, 3.8) is 0 Å². The summed E-state index contributed by atoms with van der Waals surface area (Å²) in [6, 6.07) is 7.62. The fourth-order valence-corrected chi connectivity index (χ4v) is 3.64. The van der Waals surface area contributed by atoms with E-state index in [2.05, 4.69) is 10.0 Å². The lowest BCUT2D eigenvalue weighted by Crippen LogP contribution is -2.30. The van der Waals surface area contributed by atoms with Crippen LogP contribution < -0.4 is 14.8 Å². The third kappa shape index (κ3) is 6.62. The summed E-state index contributed by atoms with van der Waals surface area (Å²) in [5.41, 5.74) is -1.15. The number of halogens is 4. The number of amides is 1. The molecule has 0 aliphatic carbocycles. The maximum Gasteiger partial charge on any atom is 0.416 e. The second kappa shape index (κ2) is 9.02. The third-order valence-corrected chi connectivity index (χ3v) is 5.47. The van der Waals surface area contributed by atoms with Crippen LogP contribution in [0.4, 0.5) is 18.9 Å². The summed E-state index contributed by atoms with van der Waals surface area (Å²) in [4.78, 5) is 12.0. The summed E-state index contributed by atoms with van der Waals surface area (Å²) in [6.07, 6.45) is -4.58. The summed E-state index contributed by atoms with van der Waals surface area (Å²) in [5.74, 6) is -0.525. The van der Waals surface area contributed by atoms with Crippen molar-refractivity contribution in [3.05, 3.63) is 53.1 Å². The molecule has 0 unspecified atom stereocenters. The molecule has 2 aromatic rings. The summed E-state index contributed by atoms with van der Waals surface area (Å²) in [6.45, 7) is 2.86. The Morgan fingerprint density at radius 1 is 1.14 bits per heavy atom. The monoisotopic (exact) mass is 450 g/mol. The number of hydrogen-bond donors (Lipinski definition) is 2. The number of rotatable bonds is 7. The zero-order valence-corrected chi connectivity index (χ0v) is 17.0. The molecule has 158 valence electrons. The van der Waals surface area contributed by atoms with Crippen molar-refractivity contribution in [2.24, 2.45) is 0 Å². The van der Waals surface area contributed by atoms with Gasteiger partial charge >= 0.3 is 6.18 Å². The highest BCUT2D eigenvalue weighted by Gasteiger charge is 2.31. The molecule has 0 heterocycles. The minimum Gasteiger partial charge on any atom is -0.484 e. The van der Waals surface area contributed by atoms with Gasteiger partial charge in [-0.2, -0.15) is 13.2 Å². The molecule has 11 heteroatoms. The normalized spacial score (nSPS) is 12.1. The number of alkyl halides is 3. The number of carbonyl (C=O) groups excluding carboxylic acids is 1. The molecular formula is C18H18ClF3N2O4S. The smallest absolute Gasteiger partial charge is 0.416 e.